The Morgan fingerprint density at radius 2 is 2.22 bits per heavy atom. The number of hydrogen-bond acceptors (Lipinski definition) is 5. The number of carboxylic acids is 1. The third-order valence-electron chi connectivity index (χ3n) is 2.47. The average molecular weight is 251 g/mol. The Labute approximate surface area is 99.5 Å². The maximum atomic E-state index is 14.0. The van der Waals surface area contributed by atoms with E-state index in [1.54, 1.807) is 0 Å². The molecule has 0 saturated carbocycles. The Morgan fingerprint density at radius 3 is 2.94 bits per heavy atom. The maximum absolute atomic E-state index is 14.0. The summed E-state index contributed by atoms with van der Waals surface area (Å²) in [7, 11) is 0. The standard InChI is InChI=1S/C11H6FNO5/c12-9-5(1-2-7-10(9)17-4-16-7)8-3-6(11(14)15)13-18-8/h1-3H,4H2,(H,14,15). The zero-order valence-corrected chi connectivity index (χ0v) is 8.84. The van der Waals surface area contributed by atoms with Crippen molar-refractivity contribution in [2.24, 2.45) is 0 Å². The molecule has 0 amide bonds. The first-order valence-electron chi connectivity index (χ1n) is 4.95. The molecule has 0 radical (unpaired) electrons. The fourth-order valence-electron chi connectivity index (χ4n) is 1.63. The first-order chi connectivity index (χ1) is 8.66. The highest BCUT2D eigenvalue weighted by Crippen LogP contribution is 2.39. The van der Waals surface area contributed by atoms with E-state index in [4.69, 9.17) is 19.1 Å². The molecule has 0 fully saturated rings. The fraction of sp³-hybridized carbons (Fsp3) is 0.0909. The number of hydrogen-bond donors (Lipinski definition) is 1. The largest absolute Gasteiger partial charge is 0.476 e. The Morgan fingerprint density at radius 1 is 1.39 bits per heavy atom. The molecule has 1 N–H and O–H groups in total. The number of ether oxygens (including phenoxy) is 2. The second kappa shape index (κ2) is 3.73. The molecule has 2 aromatic rings. The van der Waals surface area contributed by atoms with Crippen molar-refractivity contribution in [3.8, 4) is 22.8 Å². The first-order valence-corrected chi connectivity index (χ1v) is 4.95. The van der Waals surface area contributed by atoms with Crippen LogP contribution in [0.3, 0.4) is 0 Å². The van der Waals surface area contributed by atoms with Gasteiger partial charge in [0.05, 0.1) is 5.56 Å². The summed E-state index contributed by atoms with van der Waals surface area (Å²) >= 11 is 0. The smallest absolute Gasteiger partial charge is 0.358 e. The van der Waals surface area contributed by atoms with Crippen molar-refractivity contribution in [1.29, 1.82) is 0 Å². The van der Waals surface area contributed by atoms with Crippen molar-refractivity contribution in [3.63, 3.8) is 0 Å². The minimum absolute atomic E-state index is 0.0132. The monoisotopic (exact) mass is 251 g/mol. The van der Waals surface area contributed by atoms with Gasteiger partial charge in [-0.2, -0.15) is 0 Å². The van der Waals surface area contributed by atoms with Crippen molar-refractivity contribution in [2.75, 3.05) is 6.79 Å². The first kappa shape index (κ1) is 10.6. The number of aromatic carboxylic acids is 1. The minimum atomic E-state index is -1.24. The molecule has 0 saturated heterocycles. The summed E-state index contributed by atoms with van der Waals surface area (Å²) in [6, 6.07) is 4.07. The second-order valence-electron chi connectivity index (χ2n) is 3.54. The SMILES string of the molecule is O=C(O)c1cc(-c2ccc3c(c2F)OCO3)on1. The van der Waals surface area contributed by atoms with E-state index in [2.05, 4.69) is 5.16 Å². The molecule has 2 heterocycles. The van der Waals surface area contributed by atoms with Gasteiger partial charge in [0.1, 0.15) is 0 Å². The topological polar surface area (TPSA) is 81.8 Å². The molecule has 0 atom stereocenters. The number of halogens is 1. The summed E-state index contributed by atoms with van der Waals surface area (Å²) < 4.78 is 28.8. The van der Waals surface area contributed by atoms with Crippen LogP contribution in [0.15, 0.2) is 22.7 Å². The molecule has 3 rings (SSSR count). The van der Waals surface area contributed by atoms with Crippen molar-refractivity contribution in [3.05, 3.63) is 29.7 Å². The lowest BCUT2D eigenvalue weighted by atomic mass is 10.1. The van der Waals surface area contributed by atoms with E-state index >= 15 is 0 Å². The van der Waals surface area contributed by atoms with E-state index in [0.717, 1.165) is 6.07 Å². The van der Waals surface area contributed by atoms with Crippen LogP contribution in [-0.4, -0.2) is 23.0 Å². The van der Waals surface area contributed by atoms with Crippen LogP contribution in [0, 0.1) is 5.82 Å². The molecule has 0 spiro atoms. The normalized spacial score (nSPS) is 12.7. The van der Waals surface area contributed by atoms with Gasteiger partial charge in [0, 0.05) is 6.07 Å². The summed E-state index contributed by atoms with van der Waals surface area (Å²) in [6.07, 6.45) is 0. The lowest BCUT2D eigenvalue weighted by Crippen LogP contribution is -1.94. The molecular weight excluding hydrogens is 245 g/mol. The highest BCUT2D eigenvalue weighted by atomic mass is 19.1. The summed E-state index contributed by atoms with van der Waals surface area (Å²) in [6.45, 7) is -0.0491. The van der Waals surface area contributed by atoms with Crippen LogP contribution >= 0.6 is 0 Å². The Balaban J connectivity index is 2.09. The van der Waals surface area contributed by atoms with Crippen molar-refractivity contribution < 1.29 is 28.3 Å². The van der Waals surface area contributed by atoms with Crippen LogP contribution in [-0.2, 0) is 0 Å². The zero-order chi connectivity index (χ0) is 12.7. The molecule has 0 unspecified atom stereocenters. The van der Waals surface area contributed by atoms with Gasteiger partial charge < -0.3 is 19.1 Å². The number of carbonyl (C=O) groups is 1. The van der Waals surface area contributed by atoms with E-state index in [0.29, 0.717) is 5.75 Å². The van der Waals surface area contributed by atoms with E-state index in [-0.39, 0.29) is 29.6 Å². The van der Waals surface area contributed by atoms with Crippen molar-refractivity contribution in [1.82, 2.24) is 5.16 Å². The predicted octanol–water partition coefficient (Wildman–Crippen LogP) is 1.91. The van der Waals surface area contributed by atoms with Crippen LogP contribution in [0.4, 0.5) is 4.39 Å². The quantitative estimate of drug-likeness (QED) is 0.877. The van der Waals surface area contributed by atoms with Crippen LogP contribution < -0.4 is 9.47 Å². The summed E-state index contributed by atoms with van der Waals surface area (Å²) in [4.78, 5) is 10.7. The van der Waals surface area contributed by atoms with Gasteiger partial charge in [-0.05, 0) is 12.1 Å². The number of rotatable bonds is 2. The van der Waals surface area contributed by atoms with Gasteiger partial charge in [-0.3, -0.25) is 0 Å². The number of benzene rings is 1. The predicted molar refractivity (Wildman–Crippen MR) is 55.0 cm³/mol. The molecule has 92 valence electrons. The molecule has 1 aromatic heterocycles. The second-order valence-corrected chi connectivity index (χ2v) is 3.54. The lowest BCUT2D eigenvalue weighted by molar-refractivity contribution is 0.0686. The zero-order valence-electron chi connectivity index (χ0n) is 8.84. The van der Waals surface area contributed by atoms with Gasteiger partial charge in [0.2, 0.25) is 12.5 Å². The van der Waals surface area contributed by atoms with Crippen molar-refractivity contribution in [2.45, 2.75) is 0 Å². The highest BCUT2D eigenvalue weighted by molar-refractivity contribution is 5.86. The Bertz CT molecular complexity index is 636. The third kappa shape index (κ3) is 1.48. The molecule has 6 nitrogen and oxygen atoms in total. The lowest BCUT2D eigenvalue weighted by Gasteiger charge is -2.01. The van der Waals surface area contributed by atoms with Crippen molar-refractivity contribution >= 4 is 5.97 Å². The van der Waals surface area contributed by atoms with Crippen LogP contribution in [0.25, 0.3) is 11.3 Å². The van der Waals surface area contributed by atoms with Gasteiger partial charge >= 0.3 is 5.97 Å². The van der Waals surface area contributed by atoms with Crippen LogP contribution in [0.2, 0.25) is 0 Å². The average Bonchev–Trinajstić information content (AvgIpc) is 2.97. The number of nitrogens with zero attached hydrogens (tertiary/aromatic N) is 1. The van der Waals surface area contributed by atoms with Crippen LogP contribution in [0.5, 0.6) is 11.5 Å². The van der Waals surface area contributed by atoms with E-state index in [1.807, 2.05) is 0 Å². The Hall–Kier alpha value is -2.57. The number of fused-ring (bicyclic) bond motifs is 1. The third-order valence-corrected chi connectivity index (χ3v) is 2.47. The van der Waals surface area contributed by atoms with Gasteiger partial charge in [0.15, 0.2) is 23.0 Å². The molecule has 0 aliphatic carbocycles. The number of aromatic nitrogens is 1. The minimum Gasteiger partial charge on any atom is -0.476 e. The van der Waals surface area contributed by atoms with E-state index in [1.165, 1.54) is 12.1 Å². The highest BCUT2D eigenvalue weighted by Gasteiger charge is 2.24. The molecule has 18 heavy (non-hydrogen) atoms. The summed E-state index contributed by atoms with van der Waals surface area (Å²) in [5, 5.41) is 12.0. The number of carboxylic acid groups (broad SMARTS) is 1. The van der Waals surface area contributed by atoms with Gasteiger partial charge in [-0.1, -0.05) is 5.16 Å². The summed E-state index contributed by atoms with van der Waals surface area (Å²) in [5.41, 5.74) is -0.221. The Kier molecular flexibility index (Phi) is 2.19. The van der Waals surface area contributed by atoms with E-state index < -0.39 is 11.8 Å². The molecule has 1 aliphatic rings. The molecular formula is C11H6FNO5. The van der Waals surface area contributed by atoms with E-state index in [9.17, 15) is 9.18 Å². The summed E-state index contributed by atoms with van der Waals surface area (Å²) in [5.74, 6) is -1.61. The maximum Gasteiger partial charge on any atom is 0.358 e. The molecule has 1 aromatic carbocycles. The van der Waals surface area contributed by atoms with Gasteiger partial charge in [-0.25, -0.2) is 9.18 Å². The van der Waals surface area contributed by atoms with Gasteiger partial charge in [-0.15, -0.1) is 0 Å². The van der Waals surface area contributed by atoms with Crippen LogP contribution in [0.1, 0.15) is 10.5 Å². The molecule has 1 aliphatic heterocycles. The molecule has 7 heteroatoms. The van der Waals surface area contributed by atoms with Gasteiger partial charge in [0.25, 0.3) is 0 Å². The fourth-order valence-corrected chi connectivity index (χ4v) is 1.63. The molecule has 0 bridgehead atoms.